The van der Waals surface area contributed by atoms with E-state index < -0.39 is 6.03 Å². The number of halogens is 1. The van der Waals surface area contributed by atoms with E-state index in [0.29, 0.717) is 5.69 Å². The SMILES string of the molecule is O=C(CNC(=O)N[C@@H]1C[C@H]1c1ccc(F)cc1)Nc1cccnc1. The van der Waals surface area contributed by atoms with Crippen LogP contribution in [0.25, 0.3) is 0 Å². The highest BCUT2D eigenvalue weighted by atomic mass is 19.1. The summed E-state index contributed by atoms with van der Waals surface area (Å²) in [5.74, 6) is -0.411. The predicted octanol–water partition coefficient (Wildman–Crippen LogP) is 2.01. The molecule has 0 bridgehead atoms. The van der Waals surface area contributed by atoms with E-state index in [1.165, 1.54) is 18.3 Å². The van der Waals surface area contributed by atoms with Crippen molar-refractivity contribution < 1.29 is 14.0 Å². The normalized spacial score (nSPS) is 18.5. The molecular formula is C17H17FN4O2. The number of pyridine rings is 1. The van der Waals surface area contributed by atoms with Crippen molar-refractivity contribution in [3.63, 3.8) is 0 Å². The average Bonchev–Trinajstić information content (AvgIpc) is 3.33. The summed E-state index contributed by atoms with van der Waals surface area (Å²) >= 11 is 0. The molecule has 1 aliphatic rings. The van der Waals surface area contributed by atoms with Crippen molar-refractivity contribution in [1.82, 2.24) is 15.6 Å². The van der Waals surface area contributed by atoms with Crippen molar-refractivity contribution in [1.29, 1.82) is 0 Å². The largest absolute Gasteiger partial charge is 0.335 e. The van der Waals surface area contributed by atoms with Crippen molar-refractivity contribution in [2.24, 2.45) is 0 Å². The third kappa shape index (κ3) is 4.28. The number of carbonyl (C=O) groups is 2. The lowest BCUT2D eigenvalue weighted by molar-refractivity contribution is -0.115. The van der Waals surface area contributed by atoms with Gasteiger partial charge in [0.1, 0.15) is 5.82 Å². The molecule has 124 valence electrons. The molecule has 3 amide bonds. The second-order valence-electron chi connectivity index (χ2n) is 5.62. The first kappa shape index (κ1) is 15.9. The molecule has 0 radical (unpaired) electrons. The number of hydrogen-bond donors (Lipinski definition) is 3. The molecule has 1 aromatic carbocycles. The second kappa shape index (κ2) is 7.08. The number of urea groups is 1. The van der Waals surface area contributed by atoms with Crippen LogP contribution in [0.3, 0.4) is 0 Å². The Morgan fingerprint density at radius 2 is 2.00 bits per heavy atom. The van der Waals surface area contributed by atoms with Crippen molar-refractivity contribution in [3.8, 4) is 0 Å². The molecule has 1 saturated carbocycles. The first-order valence-corrected chi connectivity index (χ1v) is 7.61. The third-order valence-electron chi connectivity index (χ3n) is 3.76. The zero-order valence-electron chi connectivity index (χ0n) is 12.8. The Morgan fingerprint density at radius 1 is 1.21 bits per heavy atom. The van der Waals surface area contributed by atoms with Gasteiger partial charge in [0, 0.05) is 18.2 Å². The zero-order chi connectivity index (χ0) is 16.9. The summed E-state index contributed by atoms with van der Waals surface area (Å²) in [6, 6.07) is 9.30. The van der Waals surface area contributed by atoms with Gasteiger partial charge in [0.25, 0.3) is 0 Å². The monoisotopic (exact) mass is 328 g/mol. The molecule has 1 aromatic heterocycles. The molecule has 3 N–H and O–H groups in total. The van der Waals surface area contributed by atoms with Crippen LogP contribution in [0, 0.1) is 5.82 Å². The molecular weight excluding hydrogens is 311 g/mol. The van der Waals surface area contributed by atoms with Gasteiger partial charge in [0.15, 0.2) is 0 Å². The minimum absolute atomic E-state index is 0.0110. The first-order chi connectivity index (χ1) is 11.6. The Morgan fingerprint density at radius 3 is 2.71 bits per heavy atom. The fourth-order valence-electron chi connectivity index (χ4n) is 2.45. The standard InChI is InChI=1S/C17H17FN4O2/c18-12-5-3-11(4-6-12)14-8-15(14)22-17(24)20-10-16(23)21-13-2-1-7-19-9-13/h1-7,9,14-15H,8,10H2,(H,21,23)(H2,20,22,24)/t14-,15+/m0/s1. The van der Waals surface area contributed by atoms with Crippen LogP contribution >= 0.6 is 0 Å². The van der Waals surface area contributed by atoms with E-state index in [-0.39, 0.29) is 30.2 Å². The number of rotatable bonds is 5. The minimum Gasteiger partial charge on any atom is -0.335 e. The van der Waals surface area contributed by atoms with Gasteiger partial charge in [-0.3, -0.25) is 9.78 Å². The number of hydrogen-bond acceptors (Lipinski definition) is 3. The highest BCUT2D eigenvalue weighted by Crippen LogP contribution is 2.40. The van der Waals surface area contributed by atoms with E-state index in [0.717, 1.165) is 12.0 Å². The Labute approximate surface area is 138 Å². The van der Waals surface area contributed by atoms with Gasteiger partial charge in [-0.05, 0) is 36.2 Å². The van der Waals surface area contributed by atoms with E-state index in [2.05, 4.69) is 20.9 Å². The molecule has 6 nitrogen and oxygen atoms in total. The number of nitrogens with zero attached hydrogens (tertiary/aromatic N) is 1. The highest BCUT2D eigenvalue weighted by Gasteiger charge is 2.39. The molecule has 24 heavy (non-hydrogen) atoms. The summed E-state index contributed by atoms with van der Waals surface area (Å²) in [6.07, 6.45) is 3.94. The molecule has 2 atom stereocenters. The molecule has 0 unspecified atom stereocenters. The van der Waals surface area contributed by atoms with E-state index >= 15 is 0 Å². The van der Waals surface area contributed by atoms with E-state index in [4.69, 9.17) is 0 Å². The summed E-state index contributed by atoms with van der Waals surface area (Å²) in [7, 11) is 0. The fourth-order valence-corrected chi connectivity index (χ4v) is 2.45. The summed E-state index contributed by atoms with van der Waals surface area (Å²) in [6.45, 7) is -0.130. The van der Waals surface area contributed by atoms with Crippen LogP contribution in [0.4, 0.5) is 14.9 Å². The number of aromatic nitrogens is 1. The predicted molar refractivity (Wildman–Crippen MR) is 86.9 cm³/mol. The molecule has 7 heteroatoms. The molecule has 2 aromatic rings. The summed E-state index contributed by atoms with van der Waals surface area (Å²) in [5, 5.41) is 7.94. The average molecular weight is 328 g/mol. The molecule has 1 aliphatic carbocycles. The summed E-state index contributed by atoms with van der Waals surface area (Å²) in [5.41, 5.74) is 1.57. The molecule has 0 saturated heterocycles. The van der Waals surface area contributed by atoms with E-state index in [1.807, 2.05) is 0 Å². The maximum atomic E-state index is 12.9. The molecule has 1 heterocycles. The lowest BCUT2D eigenvalue weighted by atomic mass is 10.1. The smallest absolute Gasteiger partial charge is 0.315 e. The summed E-state index contributed by atoms with van der Waals surface area (Å²) in [4.78, 5) is 27.4. The van der Waals surface area contributed by atoms with Crippen molar-refractivity contribution in [2.45, 2.75) is 18.4 Å². The molecule has 0 aliphatic heterocycles. The van der Waals surface area contributed by atoms with E-state index in [1.54, 1.807) is 30.5 Å². The van der Waals surface area contributed by atoms with Crippen LogP contribution in [0.15, 0.2) is 48.8 Å². The highest BCUT2D eigenvalue weighted by molar-refractivity contribution is 5.94. The molecule has 0 spiro atoms. The lowest BCUT2D eigenvalue weighted by Crippen LogP contribution is -2.41. The van der Waals surface area contributed by atoms with Crippen LogP contribution in [0.1, 0.15) is 17.9 Å². The van der Waals surface area contributed by atoms with E-state index in [9.17, 15) is 14.0 Å². The first-order valence-electron chi connectivity index (χ1n) is 7.61. The Hall–Kier alpha value is -2.96. The van der Waals surface area contributed by atoms with Crippen molar-refractivity contribution in [2.75, 3.05) is 11.9 Å². The Balaban J connectivity index is 1.39. The van der Waals surface area contributed by atoms with Gasteiger partial charge in [-0.2, -0.15) is 0 Å². The van der Waals surface area contributed by atoms with Gasteiger partial charge in [0.2, 0.25) is 5.91 Å². The Bertz CT molecular complexity index is 721. The van der Waals surface area contributed by atoms with Crippen LogP contribution in [0.2, 0.25) is 0 Å². The minimum atomic E-state index is -0.397. The molecule has 1 fully saturated rings. The zero-order valence-corrected chi connectivity index (χ0v) is 12.8. The molecule has 3 rings (SSSR count). The van der Waals surface area contributed by atoms with Gasteiger partial charge >= 0.3 is 6.03 Å². The van der Waals surface area contributed by atoms with Gasteiger partial charge in [-0.25, -0.2) is 9.18 Å². The number of amides is 3. The summed E-state index contributed by atoms with van der Waals surface area (Å²) < 4.78 is 12.9. The van der Waals surface area contributed by atoms with Gasteiger partial charge in [-0.1, -0.05) is 12.1 Å². The second-order valence-corrected chi connectivity index (χ2v) is 5.62. The maximum Gasteiger partial charge on any atom is 0.315 e. The van der Waals surface area contributed by atoms with Crippen LogP contribution in [-0.4, -0.2) is 29.5 Å². The fraction of sp³-hybridized carbons (Fsp3) is 0.235. The van der Waals surface area contributed by atoms with Crippen LogP contribution < -0.4 is 16.0 Å². The van der Waals surface area contributed by atoms with Gasteiger partial charge in [-0.15, -0.1) is 0 Å². The van der Waals surface area contributed by atoms with Crippen LogP contribution in [0.5, 0.6) is 0 Å². The lowest BCUT2D eigenvalue weighted by Gasteiger charge is -2.08. The maximum absolute atomic E-state index is 12.9. The quantitative estimate of drug-likeness (QED) is 0.785. The third-order valence-corrected chi connectivity index (χ3v) is 3.76. The van der Waals surface area contributed by atoms with Crippen molar-refractivity contribution in [3.05, 3.63) is 60.2 Å². The van der Waals surface area contributed by atoms with Gasteiger partial charge in [0.05, 0.1) is 18.4 Å². The van der Waals surface area contributed by atoms with Crippen LogP contribution in [-0.2, 0) is 4.79 Å². The Kier molecular flexibility index (Phi) is 4.69. The number of nitrogens with one attached hydrogen (secondary N) is 3. The number of anilines is 1. The van der Waals surface area contributed by atoms with Gasteiger partial charge < -0.3 is 16.0 Å². The van der Waals surface area contributed by atoms with Crippen molar-refractivity contribution >= 4 is 17.6 Å². The topological polar surface area (TPSA) is 83.1 Å². The number of carbonyl (C=O) groups excluding carboxylic acids is 2. The number of benzene rings is 1.